The Morgan fingerprint density at radius 3 is 2.30 bits per heavy atom. The van der Waals surface area contributed by atoms with E-state index in [9.17, 15) is 4.79 Å². The van der Waals surface area contributed by atoms with Crippen LogP contribution in [0.1, 0.15) is 27.7 Å². The lowest BCUT2D eigenvalue weighted by Crippen LogP contribution is -2.35. The molecule has 0 aliphatic rings. The van der Waals surface area contributed by atoms with Gasteiger partial charge in [0.05, 0.1) is 11.6 Å². The third-order valence-corrected chi connectivity index (χ3v) is 0.755. The van der Waals surface area contributed by atoms with E-state index in [0.29, 0.717) is 0 Å². The number of nitrogens with one attached hydrogen (secondary N) is 1. The van der Waals surface area contributed by atoms with Crippen LogP contribution in [0.5, 0.6) is 0 Å². The summed E-state index contributed by atoms with van der Waals surface area (Å²) in [5, 5.41) is 0. The fourth-order valence-corrected chi connectivity index (χ4v) is 0.298. The number of hydroxylamine groups is 1. The molecule has 0 amide bonds. The van der Waals surface area contributed by atoms with E-state index in [4.69, 9.17) is 4.84 Å². The van der Waals surface area contributed by atoms with Crippen LogP contribution in [0, 0.1) is 0 Å². The molecule has 3 heteroatoms. The van der Waals surface area contributed by atoms with Gasteiger partial charge in [0.15, 0.2) is 0 Å². The molecule has 0 aliphatic carbocycles. The number of hydrogen-bond acceptors (Lipinski definition) is 3. The summed E-state index contributed by atoms with van der Waals surface area (Å²) < 4.78 is 0. The van der Waals surface area contributed by atoms with Gasteiger partial charge < -0.3 is 4.79 Å². The Hall–Kier alpha value is -0.410. The summed E-state index contributed by atoms with van der Waals surface area (Å²) in [5.74, 6) is 0. The van der Waals surface area contributed by atoms with E-state index in [2.05, 4.69) is 5.48 Å². The van der Waals surface area contributed by atoms with Crippen molar-refractivity contribution in [3.8, 4) is 0 Å². The standard InChI is InChI=1S/C7H15NO2/c1-6(5-9)8-10-7(2,3)4/h5-6,8H,1-4H3. The minimum Gasteiger partial charge on any atom is -0.302 e. The normalized spacial score (nSPS) is 14.8. The maximum absolute atomic E-state index is 10.1. The number of hydrogen-bond donors (Lipinski definition) is 1. The summed E-state index contributed by atoms with van der Waals surface area (Å²) in [4.78, 5) is 15.2. The predicted octanol–water partition coefficient (Wildman–Crippen LogP) is 0.893. The van der Waals surface area contributed by atoms with Gasteiger partial charge in [0.25, 0.3) is 0 Å². The molecule has 3 nitrogen and oxygen atoms in total. The Morgan fingerprint density at radius 2 is 2.00 bits per heavy atom. The van der Waals surface area contributed by atoms with Crippen LogP contribution in [0.4, 0.5) is 0 Å². The Bertz CT molecular complexity index is 107. The molecule has 60 valence electrons. The van der Waals surface area contributed by atoms with Crippen molar-refractivity contribution in [1.29, 1.82) is 0 Å². The van der Waals surface area contributed by atoms with Gasteiger partial charge in [0.2, 0.25) is 0 Å². The molecule has 0 bridgehead atoms. The fourth-order valence-electron chi connectivity index (χ4n) is 0.298. The Balaban J connectivity index is 3.45. The summed E-state index contributed by atoms with van der Waals surface area (Å²) >= 11 is 0. The molecule has 0 aromatic carbocycles. The van der Waals surface area contributed by atoms with Crippen LogP contribution in [0.15, 0.2) is 0 Å². The highest BCUT2D eigenvalue weighted by atomic mass is 16.7. The van der Waals surface area contributed by atoms with Crippen molar-refractivity contribution in [2.24, 2.45) is 0 Å². The van der Waals surface area contributed by atoms with Crippen molar-refractivity contribution < 1.29 is 9.63 Å². The minimum atomic E-state index is -0.239. The Labute approximate surface area is 61.7 Å². The first kappa shape index (κ1) is 9.59. The molecule has 0 aromatic rings. The molecule has 10 heavy (non-hydrogen) atoms. The SMILES string of the molecule is CC(C=O)NOC(C)(C)C. The monoisotopic (exact) mass is 145 g/mol. The van der Waals surface area contributed by atoms with Crippen LogP contribution in [0.25, 0.3) is 0 Å². The first-order valence-corrected chi connectivity index (χ1v) is 3.34. The number of carbonyl (C=O) groups is 1. The number of rotatable bonds is 3. The minimum absolute atomic E-state index is 0.237. The van der Waals surface area contributed by atoms with E-state index in [0.717, 1.165) is 6.29 Å². The Kier molecular flexibility index (Phi) is 3.53. The van der Waals surface area contributed by atoms with Crippen LogP contribution >= 0.6 is 0 Å². The summed E-state index contributed by atoms with van der Waals surface area (Å²) in [5.41, 5.74) is 2.37. The smallest absolute Gasteiger partial charge is 0.138 e. The van der Waals surface area contributed by atoms with Gasteiger partial charge in [-0.3, -0.25) is 4.84 Å². The first-order chi connectivity index (χ1) is 4.45. The lowest BCUT2D eigenvalue weighted by Gasteiger charge is -2.20. The predicted molar refractivity (Wildman–Crippen MR) is 39.5 cm³/mol. The van der Waals surface area contributed by atoms with E-state index < -0.39 is 0 Å². The molecular formula is C7H15NO2. The van der Waals surface area contributed by atoms with Crippen LogP contribution in [0.3, 0.4) is 0 Å². The molecule has 0 aromatic heterocycles. The lowest BCUT2D eigenvalue weighted by atomic mass is 10.2. The van der Waals surface area contributed by atoms with Gasteiger partial charge >= 0.3 is 0 Å². The second-order valence-corrected chi connectivity index (χ2v) is 3.26. The topological polar surface area (TPSA) is 38.3 Å². The van der Waals surface area contributed by atoms with Crippen molar-refractivity contribution in [1.82, 2.24) is 5.48 Å². The Morgan fingerprint density at radius 1 is 1.50 bits per heavy atom. The summed E-state index contributed by atoms with van der Waals surface area (Å²) in [6.45, 7) is 7.48. The number of carbonyl (C=O) groups excluding carboxylic acids is 1. The van der Waals surface area contributed by atoms with Crippen LogP contribution in [-0.4, -0.2) is 17.9 Å². The largest absolute Gasteiger partial charge is 0.302 e. The quantitative estimate of drug-likeness (QED) is 0.473. The van der Waals surface area contributed by atoms with Gasteiger partial charge in [-0.25, -0.2) is 0 Å². The second-order valence-electron chi connectivity index (χ2n) is 3.26. The van der Waals surface area contributed by atoms with Crippen LogP contribution < -0.4 is 5.48 Å². The summed E-state index contributed by atoms with van der Waals surface area (Å²) in [7, 11) is 0. The average molecular weight is 145 g/mol. The van der Waals surface area contributed by atoms with Gasteiger partial charge in [-0.2, -0.15) is 5.48 Å². The van der Waals surface area contributed by atoms with E-state index in [1.165, 1.54) is 0 Å². The first-order valence-electron chi connectivity index (χ1n) is 3.34. The highest BCUT2D eigenvalue weighted by Gasteiger charge is 2.11. The van der Waals surface area contributed by atoms with Crippen molar-refractivity contribution in [3.05, 3.63) is 0 Å². The van der Waals surface area contributed by atoms with Crippen molar-refractivity contribution >= 4 is 6.29 Å². The molecule has 1 atom stereocenters. The van der Waals surface area contributed by atoms with Gasteiger partial charge in [0.1, 0.15) is 6.29 Å². The maximum atomic E-state index is 10.1. The van der Waals surface area contributed by atoms with Gasteiger partial charge in [-0.1, -0.05) is 0 Å². The van der Waals surface area contributed by atoms with E-state index in [-0.39, 0.29) is 11.6 Å². The van der Waals surface area contributed by atoms with Crippen molar-refractivity contribution in [3.63, 3.8) is 0 Å². The molecule has 0 fully saturated rings. The van der Waals surface area contributed by atoms with E-state index in [1.54, 1.807) is 6.92 Å². The third kappa shape index (κ3) is 5.72. The summed E-state index contributed by atoms with van der Waals surface area (Å²) in [6.07, 6.45) is 0.797. The van der Waals surface area contributed by atoms with Crippen LogP contribution in [-0.2, 0) is 9.63 Å². The van der Waals surface area contributed by atoms with Crippen molar-refractivity contribution in [2.45, 2.75) is 39.3 Å². The average Bonchev–Trinajstić information content (AvgIpc) is 1.81. The second kappa shape index (κ2) is 3.68. The fraction of sp³-hybridized carbons (Fsp3) is 0.857. The molecule has 0 aliphatic heterocycles. The zero-order valence-electron chi connectivity index (χ0n) is 6.97. The lowest BCUT2D eigenvalue weighted by molar-refractivity contribution is -0.120. The maximum Gasteiger partial charge on any atom is 0.138 e. The van der Waals surface area contributed by atoms with Gasteiger partial charge in [0, 0.05) is 0 Å². The zero-order chi connectivity index (χ0) is 8.20. The molecule has 0 heterocycles. The third-order valence-electron chi connectivity index (χ3n) is 0.755. The molecule has 0 spiro atoms. The zero-order valence-corrected chi connectivity index (χ0v) is 6.97. The highest BCUT2D eigenvalue weighted by Crippen LogP contribution is 2.03. The molecule has 1 N–H and O–H groups in total. The number of aldehydes is 1. The van der Waals surface area contributed by atoms with Crippen molar-refractivity contribution in [2.75, 3.05) is 0 Å². The molecule has 0 saturated carbocycles. The molecule has 0 rings (SSSR count). The molecule has 1 unspecified atom stereocenters. The van der Waals surface area contributed by atoms with Gasteiger partial charge in [-0.05, 0) is 27.7 Å². The molecule has 0 radical (unpaired) electrons. The van der Waals surface area contributed by atoms with Crippen LogP contribution in [0.2, 0.25) is 0 Å². The summed E-state index contributed by atoms with van der Waals surface area (Å²) in [6, 6.07) is -0.237. The highest BCUT2D eigenvalue weighted by molar-refractivity contribution is 5.56. The van der Waals surface area contributed by atoms with Gasteiger partial charge in [-0.15, -0.1) is 0 Å². The molecular weight excluding hydrogens is 130 g/mol. The van der Waals surface area contributed by atoms with E-state index in [1.807, 2.05) is 20.8 Å². The van der Waals surface area contributed by atoms with E-state index >= 15 is 0 Å². The molecule has 0 saturated heterocycles.